The summed E-state index contributed by atoms with van der Waals surface area (Å²) in [6, 6.07) is 7.71. The van der Waals surface area contributed by atoms with Gasteiger partial charge in [-0.3, -0.25) is 4.79 Å². The molecule has 1 aromatic rings. The maximum absolute atomic E-state index is 12.1. The molecule has 108 valence electrons. The number of halogens is 1. The minimum Gasteiger partial charge on any atom is -0.479 e. The van der Waals surface area contributed by atoms with Gasteiger partial charge in [0.15, 0.2) is 6.10 Å². The van der Waals surface area contributed by atoms with E-state index < -0.39 is 12.1 Å². The lowest BCUT2D eigenvalue weighted by molar-refractivity contribution is -0.158. The molecular weight excluding hydrogens is 346 g/mol. The molecular formula is C13H14BrNO4S. The van der Waals surface area contributed by atoms with Crippen LogP contribution in [0.2, 0.25) is 0 Å². The Bertz CT molecular complexity index is 511. The molecule has 5 nitrogen and oxygen atoms in total. The molecule has 1 aromatic carbocycles. The first-order valence-electron chi connectivity index (χ1n) is 6.07. The lowest BCUT2D eigenvalue weighted by Gasteiger charge is -2.30. The molecule has 1 heterocycles. The second-order valence-corrected chi connectivity index (χ2v) is 6.25. The first-order chi connectivity index (χ1) is 9.56. The number of morpholine rings is 1. The molecule has 0 saturated carbocycles. The first-order valence-corrected chi connectivity index (χ1v) is 7.84. The average molecular weight is 360 g/mol. The minimum absolute atomic E-state index is 0.0653. The Labute approximate surface area is 129 Å². The van der Waals surface area contributed by atoms with E-state index in [0.717, 1.165) is 9.37 Å². The van der Waals surface area contributed by atoms with Crippen molar-refractivity contribution in [2.75, 3.05) is 25.4 Å². The van der Waals surface area contributed by atoms with E-state index in [4.69, 9.17) is 9.84 Å². The third kappa shape index (κ3) is 4.22. The molecule has 1 aliphatic heterocycles. The van der Waals surface area contributed by atoms with Crippen LogP contribution in [-0.2, 0) is 14.3 Å². The van der Waals surface area contributed by atoms with Crippen LogP contribution in [0.1, 0.15) is 0 Å². The monoisotopic (exact) mass is 359 g/mol. The van der Waals surface area contributed by atoms with Gasteiger partial charge < -0.3 is 14.7 Å². The quantitative estimate of drug-likeness (QED) is 0.831. The molecule has 0 bridgehead atoms. The van der Waals surface area contributed by atoms with Crippen molar-refractivity contribution in [3.63, 3.8) is 0 Å². The molecule has 7 heteroatoms. The third-order valence-corrected chi connectivity index (χ3v) is 4.32. The smallest absolute Gasteiger partial charge is 0.334 e. The van der Waals surface area contributed by atoms with Crippen LogP contribution in [0.25, 0.3) is 0 Å². The molecule has 20 heavy (non-hydrogen) atoms. The van der Waals surface area contributed by atoms with Crippen LogP contribution < -0.4 is 0 Å². The lowest BCUT2D eigenvalue weighted by atomic mass is 10.3. The van der Waals surface area contributed by atoms with E-state index in [0.29, 0.717) is 12.3 Å². The van der Waals surface area contributed by atoms with Crippen molar-refractivity contribution in [3.8, 4) is 0 Å². The molecule has 0 spiro atoms. The van der Waals surface area contributed by atoms with Crippen molar-refractivity contribution in [2.24, 2.45) is 0 Å². The van der Waals surface area contributed by atoms with Crippen LogP contribution in [0.15, 0.2) is 33.6 Å². The molecule has 1 aliphatic rings. The summed E-state index contributed by atoms with van der Waals surface area (Å²) in [7, 11) is 0. The number of hydrogen-bond donors (Lipinski definition) is 1. The van der Waals surface area contributed by atoms with E-state index in [1.165, 1.54) is 11.8 Å². The molecule has 1 atom stereocenters. The zero-order chi connectivity index (χ0) is 14.5. The lowest BCUT2D eigenvalue weighted by Crippen LogP contribution is -2.49. The van der Waals surface area contributed by atoms with Gasteiger partial charge in [-0.15, -0.1) is 11.8 Å². The molecule has 0 aromatic heterocycles. The normalized spacial score (nSPS) is 18.9. The van der Waals surface area contributed by atoms with Gasteiger partial charge in [-0.05, 0) is 18.2 Å². The van der Waals surface area contributed by atoms with E-state index in [1.54, 1.807) is 4.90 Å². The SMILES string of the molecule is O=C(O)C1CN(C(=O)CSc2cccc(Br)c2)CCO1. The minimum atomic E-state index is -1.03. The fourth-order valence-electron chi connectivity index (χ4n) is 1.82. The number of aliphatic carboxylic acids is 1. The van der Waals surface area contributed by atoms with Gasteiger partial charge in [-0.25, -0.2) is 4.79 Å². The number of nitrogens with zero attached hydrogens (tertiary/aromatic N) is 1. The van der Waals surface area contributed by atoms with Crippen molar-refractivity contribution >= 4 is 39.6 Å². The van der Waals surface area contributed by atoms with E-state index in [1.807, 2.05) is 24.3 Å². The molecule has 1 fully saturated rings. The predicted octanol–water partition coefficient (Wildman–Crippen LogP) is 1.85. The number of rotatable bonds is 4. The summed E-state index contributed by atoms with van der Waals surface area (Å²) < 4.78 is 6.06. The van der Waals surface area contributed by atoms with E-state index in [2.05, 4.69) is 15.9 Å². The molecule has 1 N–H and O–H groups in total. The molecule has 1 saturated heterocycles. The Kier molecular flexibility index (Phi) is 5.45. The summed E-state index contributed by atoms with van der Waals surface area (Å²) in [4.78, 5) is 25.5. The number of carboxylic acid groups (broad SMARTS) is 1. The zero-order valence-electron chi connectivity index (χ0n) is 10.6. The van der Waals surface area contributed by atoms with Gasteiger partial charge in [-0.1, -0.05) is 22.0 Å². The van der Waals surface area contributed by atoms with Crippen LogP contribution in [-0.4, -0.2) is 53.4 Å². The van der Waals surface area contributed by atoms with Crippen molar-refractivity contribution in [1.82, 2.24) is 4.90 Å². The van der Waals surface area contributed by atoms with Crippen molar-refractivity contribution < 1.29 is 19.4 Å². The van der Waals surface area contributed by atoms with Gasteiger partial charge in [0.05, 0.1) is 18.9 Å². The number of carboxylic acids is 1. The highest BCUT2D eigenvalue weighted by atomic mass is 79.9. The second kappa shape index (κ2) is 7.10. The third-order valence-electron chi connectivity index (χ3n) is 2.85. The van der Waals surface area contributed by atoms with Gasteiger partial charge >= 0.3 is 5.97 Å². The van der Waals surface area contributed by atoms with Crippen LogP contribution in [0, 0.1) is 0 Å². The van der Waals surface area contributed by atoms with Crippen LogP contribution in [0.5, 0.6) is 0 Å². The van der Waals surface area contributed by atoms with Gasteiger partial charge in [0.2, 0.25) is 5.91 Å². The maximum atomic E-state index is 12.1. The van der Waals surface area contributed by atoms with E-state index in [-0.39, 0.29) is 19.1 Å². The number of carbonyl (C=O) groups excluding carboxylic acids is 1. The molecule has 2 rings (SSSR count). The highest BCUT2D eigenvalue weighted by Crippen LogP contribution is 2.22. The van der Waals surface area contributed by atoms with Crippen LogP contribution in [0.4, 0.5) is 0 Å². The number of amides is 1. The molecule has 0 radical (unpaired) electrons. The van der Waals surface area contributed by atoms with Gasteiger partial charge in [0.25, 0.3) is 0 Å². The Morgan fingerprint density at radius 2 is 2.30 bits per heavy atom. The topological polar surface area (TPSA) is 66.8 Å². The summed E-state index contributed by atoms with van der Waals surface area (Å²) in [5.74, 6) is -0.797. The summed E-state index contributed by atoms with van der Waals surface area (Å²) in [5, 5.41) is 8.90. The Morgan fingerprint density at radius 3 is 3.00 bits per heavy atom. The molecule has 1 amide bonds. The fraction of sp³-hybridized carbons (Fsp3) is 0.385. The Morgan fingerprint density at radius 1 is 1.50 bits per heavy atom. The number of thioether (sulfide) groups is 1. The van der Waals surface area contributed by atoms with Gasteiger partial charge in [-0.2, -0.15) is 0 Å². The summed E-state index contributed by atoms with van der Waals surface area (Å²) >= 11 is 4.82. The average Bonchev–Trinajstić information content (AvgIpc) is 2.45. The Hall–Kier alpha value is -1.05. The molecule has 1 unspecified atom stereocenters. The predicted molar refractivity (Wildman–Crippen MR) is 78.8 cm³/mol. The standard InChI is InChI=1S/C13H14BrNO4S/c14-9-2-1-3-10(6-9)20-8-12(16)15-4-5-19-11(7-15)13(17)18/h1-3,6,11H,4-5,7-8H2,(H,17,18). The fourth-order valence-corrected chi connectivity index (χ4v) is 3.23. The number of benzene rings is 1. The number of hydrogen-bond acceptors (Lipinski definition) is 4. The van der Waals surface area contributed by atoms with Crippen LogP contribution >= 0.6 is 27.7 Å². The zero-order valence-corrected chi connectivity index (χ0v) is 13.0. The first kappa shape index (κ1) is 15.3. The highest BCUT2D eigenvalue weighted by Gasteiger charge is 2.28. The van der Waals surface area contributed by atoms with Crippen molar-refractivity contribution in [2.45, 2.75) is 11.0 Å². The van der Waals surface area contributed by atoms with Crippen molar-refractivity contribution in [3.05, 3.63) is 28.7 Å². The highest BCUT2D eigenvalue weighted by molar-refractivity contribution is 9.10. The van der Waals surface area contributed by atoms with Crippen LogP contribution in [0.3, 0.4) is 0 Å². The number of ether oxygens (including phenoxy) is 1. The largest absolute Gasteiger partial charge is 0.479 e. The van der Waals surface area contributed by atoms with Crippen molar-refractivity contribution in [1.29, 1.82) is 0 Å². The maximum Gasteiger partial charge on any atom is 0.334 e. The number of carbonyl (C=O) groups is 2. The van der Waals surface area contributed by atoms with E-state index >= 15 is 0 Å². The summed E-state index contributed by atoms with van der Waals surface area (Å²) in [6.45, 7) is 0.832. The summed E-state index contributed by atoms with van der Waals surface area (Å²) in [5.41, 5.74) is 0. The summed E-state index contributed by atoms with van der Waals surface area (Å²) in [6.07, 6.45) is -0.913. The molecule has 0 aliphatic carbocycles. The second-order valence-electron chi connectivity index (χ2n) is 4.28. The Balaban J connectivity index is 1.87. The van der Waals surface area contributed by atoms with Gasteiger partial charge in [0, 0.05) is 15.9 Å². The van der Waals surface area contributed by atoms with Gasteiger partial charge in [0.1, 0.15) is 0 Å². The van der Waals surface area contributed by atoms with E-state index in [9.17, 15) is 9.59 Å².